The highest BCUT2D eigenvalue weighted by molar-refractivity contribution is 6.39. The van der Waals surface area contributed by atoms with E-state index in [9.17, 15) is 9.59 Å². The van der Waals surface area contributed by atoms with Gasteiger partial charge in [-0.05, 0) is 51.0 Å². The minimum Gasteiger partial charge on any atom is -0.372 e. The van der Waals surface area contributed by atoms with Gasteiger partial charge in [-0.3, -0.25) is 9.59 Å². The van der Waals surface area contributed by atoms with Crippen LogP contribution in [0.3, 0.4) is 0 Å². The van der Waals surface area contributed by atoms with Crippen molar-refractivity contribution in [3.05, 3.63) is 23.8 Å². The van der Waals surface area contributed by atoms with Crippen molar-refractivity contribution >= 4 is 23.2 Å². The molecule has 0 saturated heterocycles. The topological polar surface area (TPSA) is 61.4 Å². The molecule has 0 unspecified atom stereocenters. The summed E-state index contributed by atoms with van der Waals surface area (Å²) < 4.78 is 0. The summed E-state index contributed by atoms with van der Waals surface area (Å²) in [6, 6.07) is 5.82. The van der Waals surface area contributed by atoms with Crippen LogP contribution >= 0.6 is 0 Å². The summed E-state index contributed by atoms with van der Waals surface area (Å²) in [5.74, 6) is -1.22. The van der Waals surface area contributed by atoms with Crippen molar-refractivity contribution in [2.24, 2.45) is 0 Å². The Morgan fingerprint density at radius 1 is 1.10 bits per heavy atom. The molecule has 2 amide bonds. The molecule has 5 nitrogen and oxygen atoms in total. The average molecular weight is 291 g/mol. The van der Waals surface area contributed by atoms with Gasteiger partial charge in [-0.2, -0.15) is 0 Å². The standard InChI is InChI=1S/C16H25N3O2/c1-5-10-17-15(20)16(21)18-14-9-8-13(11-12(14)4)19(6-2)7-3/h8-9,11H,5-7,10H2,1-4H3,(H,17,20)(H,18,21). The van der Waals surface area contributed by atoms with Crippen molar-refractivity contribution in [2.45, 2.75) is 34.1 Å². The average Bonchev–Trinajstić information content (AvgIpc) is 2.48. The van der Waals surface area contributed by atoms with E-state index in [-0.39, 0.29) is 0 Å². The Morgan fingerprint density at radius 2 is 1.76 bits per heavy atom. The summed E-state index contributed by atoms with van der Waals surface area (Å²) >= 11 is 0. The minimum atomic E-state index is -0.623. The molecule has 0 aliphatic carbocycles. The van der Waals surface area contributed by atoms with Crippen LogP contribution < -0.4 is 15.5 Å². The normalized spacial score (nSPS) is 10.1. The molecule has 0 saturated carbocycles. The fourth-order valence-corrected chi connectivity index (χ4v) is 2.07. The smallest absolute Gasteiger partial charge is 0.313 e. The largest absolute Gasteiger partial charge is 0.372 e. The van der Waals surface area contributed by atoms with Crippen LogP contribution in [0.2, 0.25) is 0 Å². The van der Waals surface area contributed by atoms with E-state index in [1.807, 2.05) is 32.0 Å². The Bertz CT molecular complexity index is 496. The third kappa shape index (κ3) is 4.77. The van der Waals surface area contributed by atoms with Crippen molar-refractivity contribution < 1.29 is 9.59 Å². The first-order valence-corrected chi connectivity index (χ1v) is 7.48. The number of carbonyl (C=O) groups is 2. The third-order valence-corrected chi connectivity index (χ3v) is 3.33. The monoisotopic (exact) mass is 291 g/mol. The summed E-state index contributed by atoms with van der Waals surface area (Å²) in [5, 5.41) is 5.21. The van der Waals surface area contributed by atoms with Gasteiger partial charge in [0.05, 0.1) is 0 Å². The molecule has 0 heterocycles. The number of nitrogens with one attached hydrogen (secondary N) is 2. The molecule has 1 rings (SSSR count). The lowest BCUT2D eigenvalue weighted by Crippen LogP contribution is -2.35. The number of hydrogen-bond acceptors (Lipinski definition) is 3. The Kier molecular flexibility index (Phi) is 6.72. The number of hydrogen-bond donors (Lipinski definition) is 2. The van der Waals surface area contributed by atoms with E-state index in [2.05, 4.69) is 29.4 Å². The van der Waals surface area contributed by atoms with E-state index in [4.69, 9.17) is 0 Å². The van der Waals surface area contributed by atoms with Crippen LogP contribution in [0, 0.1) is 6.92 Å². The zero-order chi connectivity index (χ0) is 15.8. The molecule has 0 aliphatic heterocycles. The second-order valence-electron chi connectivity index (χ2n) is 4.88. The summed E-state index contributed by atoms with van der Waals surface area (Å²) in [5.41, 5.74) is 2.73. The van der Waals surface area contributed by atoms with Crippen LogP contribution in [-0.4, -0.2) is 31.4 Å². The number of amides is 2. The molecule has 21 heavy (non-hydrogen) atoms. The van der Waals surface area contributed by atoms with E-state index in [0.29, 0.717) is 12.2 Å². The molecule has 0 spiro atoms. The van der Waals surface area contributed by atoms with Gasteiger partial charge in [0, 0.05) is 31.0 Å². The maximum atomic E-state index is 11.8. The van der Waals surface area contributed by atoms with Crippen molar-refractivity contribution in [2.75, 3.05) is 29.9 Å². The second-order valence-corrected chi connectivity index (χ2v) is 4.88. The number of benzene rings is 1. The van der Waals surface area contributed by atoms with E-state index < -0.39 is 11.8 Å². The predicted molar refractivity (Wildman–Crippen MR) is 86.7 cm³/mol. The summed E-state index contributed by atoms with van der Waals surface area (Å²) in [6.45, 7) is 10.4. The fraction of sp³-hybridized carbons (Fsp3) is 0.500. The molecule has 5 heteroatoms. The van der Waals surface area contributed by atoms with Gasteiger partial charge in [0.1, 0.15) is 0 Å². The number of carbonyl (C=O) groups excluding carboxylic acids is 2. The Labute approximate surface area is 126 Å². The van der Waals surface area contributed by atoms with Gasteiger partial charge in [0.15, 0.2) is 0 Å². The molecular weight excluding hydrogens is 266 g/mol. The molecule has 0 atom stereocenters. The fourth-order valence-electron chi connectivity index (χ4n) is 2.07. The first-order valence-electron chi connectivity index (χ1n) is 7.48. The number of rotatable bonds is 6. The van der Waals surface area contributed by atoms with Gasteiger partial charge in [0.2, 0.25) is 0 Å². The summed E-state index contributed by atoms with van der Waals surface area (Å²) in [4.78, 5) is 25.6. The van der Waals surface area contributed by atoms with Crippen LogP contribution in [0.5, 0.6) is 0 Å². The quantitative estimate of drug-likeness (QED) is 0.791. The Morgan fingerprint density at radius 3 is 2.29 bits per heavy atom. The molecular formula is C16H25N3O2. The molecule has 0 aromatic heterocycles. The van der Waals surface area contributed by atoms with Crippen LogP contribution in [-0.2, 0) is 9.59 Å². The van der Waals surface area contributed by atoms with Gasteiger partial charge < -0.3 is 15.5 Å². The lowest BCUT2D eigenvalue weighted by molar-refractivity contribution is -0.136. The zero-order valence-corrected chi connectivity index (χ0v) is 13.3. The van der Waals surface area contributed by atoms with E-state index >= 15 is 0 Å². The van der Waals surface area contributed by atoms with Crippen LogP contribution in [0.1, 0.15) is 32.8 Å². The van der Waals surface area contributed by atoms with Crippen LogP contribution in [0.15, 0.2) is 18.2 Å². The van der Waals surface area contributed by atoms with E-state index in [1.54, 1.807) is 0 Å². The number of nitrogens with zero attached hydrogens (tertiary/aromatic N) is 1. The van der Waals surface area contributed by atoms with Crippen molar-refractivity contribution in [1.82, 2.24) is 5.32 Å². The van der Waals surface area contributed by atoms with Crippen molar-refractivity contribution in [3.63, 3.8) is 0 Å². The number of aryl methyl sites for hydroxylation is 1. The highest BCUT2D eigenvalue weighted by Gasteiger charge is 2.14. The maximum Gasteiger partial charge on any atom is 0.313 e. The second kappa shape index (κ2) is 8.29. The summed E-state index contributed by atoms with van der Waals surface area (Å²) in [6.07, 6.45) is 0.802. The van der Waals surface area contributed by atoms with Gasteiger partial charge in [-0.25, -0.2) is 0 Å². The van der Waals surface area contributed by atoms with E-state index in [0.717, 1.165) is 30.8 Å². The first-order chi connectivity index (χ1) is 10.0. The molecule has 2 N–H and O–H groups in total. The first kappa shape index (κ1) is 17.0. The molecule has 0 fully saturated rings. The predicted octanol–water partition coefficient (Wildman–Crippen LogP) is 2.31. The van der Waals surface area contributed by atoms with Crippen molar-refractivity contribution in [3.8, 4) is 0 Å². The molecule has 0 aliphatic rings. The maximum absolute atomic E-state index is 11.8. The van der Waals surface area contributed by atoms with Gasteiger partial charge in [0.25, 0.3) is 0 Å². The van der Waals surface area contributed by atoms with E-state index in [1.165, 1.54) is 0 Å². The third-order valence-electron chi connectivity index (χ3n) is 3.33. The van der Waals surface area contributed by atoms with Crippen LogP contribution in [0.25, 0.3) is 0 Å². The minimum absolute atomic E-state index is 0.506. The van der Waals surface area contributed by atoms with Crippen LogP contribution in [0.4, 0.5) is 11.4 Å². The van der Waals surface area contributed by atoms with Gasteiger partial charge in [-0.15, -0.1) is 0 Å². The Balaban J connectivity index is 2.77. The molecule has 0 radical (unpaired) electrons. The number of anilines is 2. The molecule has 116 valence electrons. The molecule has 1 aromatic carbocycles. The Hall–Kier alpha value is -2.04. The molecule has 1 aromatic rings. The highest BCUT2D eigenvalue weighted by Crippen LogP contribution is 2.22. The SMILES string of the molecule is CCCNC(=O)C(=O)Nc1ccc(N(CC)CC)cc1C. The summed E-state index contributed by atoms with van der Waals surface area (Å²) in [7, 11) is 0. The highest BCUT2D eigenvalue weighted by atomic mass is 16.2. The van der Waals surface area contributed by atoms with Gasteiger partial charge in [-0.1, -0.05) is 6.92 Å². The van der Waals surface area contributed by atoms with Gasteiger partial charge >= 0.3 is 11.8 Å². The lowest BCUT2D eigenvalue weighted by Gasteiger charge is -2.22. The zero-order valence-electron chi connectivity index (χ0n) is 13.3. The lowest BCUT2D eigenvalue weighted by atomic mass is 10.1. The molecule has 0 bridgehead atoms. The van der Waals surface area contributed by atoms with Crippen molar-refractivity contribution in [1.29, 1.82) is 0 Å².